The smallest absolute Gasteiger partial charge is 0.265 e. The van der Waals surface area contributed by atoms with Gasteiger partial charge in [-0.05, 0) is 12.1 Å². The van der Waals surface area contributed by atoms with Gasteiger partial charge in [-0.2, -0.15) is 0 Å². The zero-order valence-electron chi connectivity index (χ0n) is 9.65. The first kappa shape index (κ1) is 12.0. The molecule has 0 radical (unpaired) electrons. The predicted octanol–water partition coefficient (Wildman–Crippen LogP) is -0.821. The number of rotatable bonds is 4. The molecule has 2 heterocycles. The maximum atomic E-state index is 11.7. The van der Waals surface area contributed by atoms with Gasteiger partial charge in [0, 0.05) is 44.1 Å². The van der Waals surface area contributed by atoms with Gasteiger partial charge in [0.1, 0.15) is 0 Å². The second-order valence-corrected chi connectivity index (χ2v) is 3.89. The number of nitrogens with one attached hydrogen (secondary N) is 3. The van der Waals surface area contributed by atoms with Crippen molar-refractivity contribution in [1.29, 1.82) is 0 Å². The summed E-state index contributed by atoms with van der Waals surface area (Å²) < 4.78 is 0. The number of nitrogens with zero attached hydrogens (tertiary/aromatic N) is 2. The van der Waals surface area contributed by atoms with Crippen molar-refractivity contribution in [2.75, 3.05) is 32.8 Å². The van der Waals surface area contributed by atoms with Gasteiger partial charge in [0.15, 0.2) is 0 Å². The molecule has 92 valence electrons. The molecule has 0 aliphatic carbocycles. The van der Waals surface area contributed by atoms with Crippen molar-refractivity contribution >= 4 is 5.91 Å². The highest BCUT2D eigenvalue weighted by molar-refractivity contribution is 5.93. The highest BCUT2D eigenvalue weighted by atomic mass is 16.2. The third-order valence-corrected chi connectivity index (χ3v) is 2.66. The molecule has 0 aromatic carbocycles. The molecule has 0 unspecified atom stereocenters. The quantitative estimate of drug-likeness (QED) is 0.595. The Kier molecular flexibility index (Phi) is 4.43. The number of hydrogen-bond donors (Lipinski definition) is 3. The molecule has 0 bridgehead atoms. The summed E-state index contributed by atoms with van der Waals surface area (Å²) in [5.74, 6) is -0.137. The number of aromatic nitrogens is 1. The van der Waals surface area contributed by atoms with Crippen molar-refractivity contribution in [2.45, 2.75) is 0 Å². The van der Waals surface area contributed by atoms with Crippen molar-refractivity contribution < 1.29 is 4.79 Å². The fraction of sp³-hybridized carbons (Fsp3) is 0.455. The fourth-order valence-electron chi connectivity index (χ4n) is 1.68. The molecule has 1 aromatic heterocycles. The average molecular weight is 235 g/mol. The summed E-state index contributed by atoms with van der Waals surface area (Å²) in [6.07, 6.45) is 3.20. The molecule has 1 saturated heterocycles. The van der Waals surface area contributed by atoms with E-state index in [4.69, 9.17) is 0 Å². The lowest BCUT2D eigenvalue weighted by molar-refractivity contribution is 0.0915. The van der Waals surface area contributed by atoms with Crippen LogP contribution in [0.2, 0.25) is 0 Å². The van der Waals surface area contributed by atoms with Crippen molar-refractivity contribution in [1.82, 2.24) is 26.1 Å². The first-order chi connectivity index (χ1) is 8.36. The normalized spacial score (nSPS) is 16.7. The largest absolute Gasteiger partial charge is 0.314 e. The van der Waals surface area contributed by atoms with E-state index in [-0.39, 0.29) is 5.91 Å². The number of hydrazine groups is 1. The van der Waals surface area contributed by atoms with Crippen LogP contribution in [0, 0.1) is 0 Å². The van der Waals surface area contributed by atoms with Gasteiger partial charge in [-0.15, -0.1) is 0 Å². The predicted molar refractivity (Wildman–Crippen MR) is 64.1 cm³/mol. The first-order valence-corrected chi connectivity index (χ1v) is 5.72. The number of hydrogen-bond acceptors (Lipinski definition) is 5. The van der Waals surface area contributed by atoms with E-state index >= 15 is 0 Å². The summed E-state index contributed by atoms with van der Waals surface area (Å²) in [7, 11) is 0. The van der Waals surface area contributed by atoms with Crippen molar-refractivity contribution in [3.05, 3.63) is 30.1 Å². The molecule has 0 atom stereocenters. The summed E-state index contributed by atoms with van der Waals surface area (Å²) >= 11 is 0. The monoisotopic (exact) mass is 235 g/mol. The number of pyridine rings is 1. The minimum absolute atomic E-state index is 0.137. The molecule has 6 heteroatoms. The Morgan fingerprint density at radius 3 is 2.76 bits per heavy atom. The maximum Gasteiger partial charge on any atom is 0.265 e. The third kappa shape index (κ3) is 3.77. The van der Waals surface area contributed by atoms with Crippen LogP contribution in [-0.4, -0.2) is 48.6 Å². The Hall–Kier alpha value is -1.50. The summed E-state index contributed by atoms with van der Waals surface area (Å²) in [6, 6.07) is 3.36. The molecule has 3 N–H and O–H groups in total. The number of amides is 1. The summed E-state index contributed by atoms with van der Waals surface area (Å²) in [4.78, 5) is 17.8. The minimum atomic E-state index is -0.137. The maximum absolute atomic E-state index is 11.7. The Balaban J connectivity index is 1.69. The molecule has 1 aromatic rings. The molecule has 1 aliphatic heterocycles. The highest BCUT2D eigenvalue weighted by Gasteiger charge is 2.09. The molecular weight excluding hydrogens is 218 g/mol. The second kappa shape index (κ2) is 6.29. The number of piperazine rings is 1. The van der Waals surface area contributed by atoms with E-state index < -0.39 is 0 Å². The second-order valence-electron chi connectivity index (χ2n) is 3.89. The molecule has 17 heavy (non-hydrogen) atoms. The van der Waals surface area contributed by atoms with Crippen molar-refractivity contribution in [3.8, 4) is 0 Å². The van der Waals surface area contributed by atoms with Crippen LogP contribution in [0.1, 0.15) is 10.4 Å². The Morgan fingerprint density at radius 2 is 2.06 bits per heavy atom. The van der Waals surface area contributed by atoms with Crippen LogP contribution in [-0.2, 0) is 0 Å². The zero-order valence-corrected chi connectivity index (χ0v) is 9.65. The van der Waals surface area contributed by atoms with Crippen molar-refractivity contribution in [3.63, 3.8) is 0 Å². The van der Waals surface area contributed by atoms with Crippen LogP contribution in [0.15, 0.2) is 24.5 Å². The van der Waals surface area contributed by atoms with Gasteiger partial charge in [0.2, 0.25) is 0 Å². The number of carbonyl (C=O) groups is 1. The molecule has 1 aliphatic rings. The topological polar surface area (TPSA) is 69.3 Å². The van der Waals surface area contributed by atoms with Crippen LogP contribution >= 0.6 is 0 Å². The van der Waals surface area contributed by atoms with Crippen LogP contribution in [0.25, 0.3) is 0 Å². The van der Waals surface area contributed by atoms with Gasteiger partial charge in [0.05, 0.1) is 6.67 Å². The van der Waals surface area contributed by atoms with Crippen LogP contribution in [0.3, 0.4) is 0 Å². The lowest BCUT2D eigenvalue weighted by atomic mass is 10.3. The van der Waals surface area contributed by atoms with E-state index in [1.165, 1.54) is 0 Å². The van der Waals surface area contributed by atoms with E-state index in [2.05, 4.69) is 26.1 Å². The van der Waals surface area contributed by atoms with Gasteiger partial charge in [-0.25, -0.2) is 5.43 Å². The zero-order chi connectivity index (χ0) is 11.9. The molecular formula is C11H17N5O. The minimum Gasteiger partial charge on any atom is -0.314 e. The van der Waals surface area contributed by atoms with E-state index in [1.54, 1.807) is 24.5 Å². The van der Waals surface area contributed by atoms with Gasteiger partial charge < -0.3 is 5.32 Å². The van der Waals surface area contributed by atoms with Crippen LogP contribution in [0.5, 0.6) is 0 Å². The van der Waals surface area contributed by atoms with Gasteiger partial charge in [0.25, 0.3) is 5.91 Å². The molecule has 2 rings (SSSR count). The van der Waals surface area contributed by atoms with E-state index in [0.717, 1.165) is 26.2 Å². The average Bonchev–Trinajstić information content (AvgIpc) is 2.41. The summed E-state index contributed by atoms with van der Waals surface area (Å²) in [6.45, 7) is 4.66. The summed E-state index contributed by atoms with van der Waals surface area (Å²) in [5.41, 5.74) is 6.20. The fourth-order valence-corrected chi connectivity index (χ4v) is 1.68. The van der Waals surface area contributed by atoms with E-state index in [9.17, 15) is 4.79 Å². The van der Waals surface area contributed by atoms with E-state index in [0.29, 0.717) is 12.2 Å². The highest BCUT2D eigenvalue weighted by Crippen LogP contribution is 1.94. The SMILES string of the molecule is O=C(NNCN1CCNCC1)c1ccncc1. The first-order valence-electron chi connectivity index (χ1n) is 5.72. The standard InChI is InChI=1S/C11H17N5O/c17-11(10-1-3-12-4-2-10)15-14-9-16-7-5-13-6-8-16/h1-4,13-14H,5-9H2,(H,15,17). The van der Waals surface area contributed by atoms with Crippen molar-refractivity contribution in [2.24, 2.45) is 0 Å². The molecule has 6 nitrogen and oxygen atoms in total. The molecule has 0 saturated carbocycles. The Morgan fingerprint density at radius 1 is 1.35 bits per heavy atom. The lowest BCUT2D eigenvalue weighted by Gasteiger charge is -2.27. The third-order valence-electron chi connectivity index (χ3n) is 2.66. The molecule has 1 fully saturated rings. The number of carbonyl (C=O) groups excluding carboxylic acids is 1. The van der Waals surface area contributed by atoms with Gasteiger partial charge in [-0.3, -0.25) is 20.1 Å². The Bertz CT molecular complexity index is 350. The van der Waals surface area contributed by atoms with E-state index in [1.807, 2.05) is 0 Å². The lowest BCUT2D eigenvalue weighted by Crippen LogP contribution is -2.50. The Labute approximate surface area is 100 Å². The van der Waals surface area contributed by atoms with Crippen LogP contribution in [0.4, 0.5) is 0 Å². The van der Waals surface area contributed by atoms with Gasteiger partial charge in [-0.1, -0.05) is 0 Å². The summed E-state index contributed by atoms with van der Waals surface area (Å²) in [5, 5.41) is 3.28. The molecule has 1 amide bonds. The van der Waals surface area contributed by atoms with Crippen LogP contribution < -0.4 is 16.2 Å². The molecule has 0 spiro atoms. The van der Waals surface area contributed by atoms with Gasteiger partial charge >= 0.3 is 0 Å².